The van der Waals surface area contributed by atoms with Crippen molar-refractivity contribution in [2.45, 2.75) is 64.8 Å². The van der Waals surface area contributed by atoms with Gasteiger partial charge in [-0.25, -0.2) is 0 Å². The van der Waals surface area contributed by atoms with E-state index in [1.165, 1.54) is 38.2 Å². The second kappa shape index (κ2) is 4.84. The van der Waals surface area contributed by atoms with Crippen LogP contribution in [-0.2, 0) is 9.59 Å². The summed E-state index contributed by atoms with van der Waals surface area (Å²) in [4.78, 5) is 24.1. The SMILES string of the molecule is C[C@@]12CCC[C@H]1[C@@H]1CC[C@H]3NC(=O)C=C(C(N)=O)[C@]3(C)[C@H]1CC2. The number of primary amides is 1. The van der Waals surface area contributed by atoms with Crippen LogP contribution in [0.15, 0.2) is 11.6 Å². The van der Waals surface area contributed by atoms with E-state index in [1.807, 2.05) is 0 Å². The molecule has 4 nitrogen and oxygen atoms in total. The molecule has 0 aromatic heterocycles. The molecule has 126 valence electrons. The standard InChI is InChI=1S/C19H28N2O2/c1-18-8-3-4-12(18)11-5-6-15-19(2,13(11)7-9-18)14(17(20)23)10-16(22)21-15/h10-13,15H,3-9H2,1-2H3,(H2,20,23)(H,21,22)/t11-,12-,13-,15+,18-,19-/m0/s1. The number of nitrogens with two attached hydrogens (primary N) is 1. The first kappa shape index (κ1) is 15.2. The normalized spacial score (nSPS) is 48.6. The molecule has 0 bridgehead atoms. The fraction of sp³-hybridized carbons (Fsp3) is 0.789. The number of nitrogens with one attached hydrogen (secondary N) is 1. The molecule has 0 radical (unpaired) electrons. The van der Waals surface area contributed by atoms with Gasteiger partial charge in [-0.15, -0.1) is 0 Å². The molecule has 1 aliphatic heterocycles. The van der Waals surface area contributed by atoms with E-state index < -0.39 is 5.91 Å². The van der Waals surface area contributed by atoms with Gasteiger partial charge < -0.3 is 11.1 Å². The Morgan fingerprint density at radius 1 is 1.17 bits per heavy atom. The first-order valence-corrected chi connectivity index (χ1v) is 9.19. The third-order valence-electron chi connectivity index (χ3n) is 7.94. The molecule has 4 aliphatic rings. The van der Waals surface area contributed by atoms with E-state index in [9.17, 15) is 9.59 Å². The molecule has 2 amide bonds. The number of amides is 2. The Morgan fingerprint density at radius 3 is 2.70 bits per heavy atom. The maximum atomic E-state index is 12.1. The molecule has 6 atom stereocenters. The zero-order chi connectivity index (χ0) is 16.4. The lowest BCUT2D eigenvalue weighted by molar-refractivity contribution is -0.127. The van der Waals surface area contributed by atoms with Crippen LogP contribution in [0.5, 0.6) is 0 Å². The maximum absolute atomic E-state index is 12.1. The van der Waals surface area contributed by atoms with Crippen molar-refractivity contribution < 1.29 is 9.59 Å². The molecule has 0 aromatic rings. The van der Waals surface area contributed by atoms with Gasteiger partial charge in [0.15, 0.2) is 0 Å². The minimum Gasteiger partial charge on any atom is -0.366 e. The van der Waals surface area contributed by atoms with Crippen molar-refractivity contribution in [1.29, 1.82) is 0 Å². The first-order chi connectivity index (χ1) is 10.9. The van der Waals surface area contributed by atoms with Crippen molar-refractivity contribution in [3.8, 4) is 0 Å². The number of fused-ring (bicyclic) bond motifs is 5. The molecular formula is C19H28N2O2. The number of rotatable bonds is 1. The van der Waals surface area contributed by atoms with Gasteiger partial charge in [0.1, 0.15) is 0 Å². The highest BCUT2D eigenvalue weighted by molar-refractivity contribution is 6.03. The fourth-order valence-electron chi connectivity index (χ4n) is 6.79. The van der Waals surface area contributed by atoms with Crippen molar-refractivity contribution in [2.75, 3.05) is 0 Å². The molecule has 3 saturated carbocycles. The molecule has 3 N–H and O–H groups in total. The smallest absolute Gasteiger partial charge is 0.245 e. The zero-order valence-corrected chi connectivity index (χ0v) is 14.2. The monoisotopic (exact) mass is 316 g/mol. The van der Waals surface area contributed by atoms with Crippen LogP contribution in [0.1, 0.15) is 58.8 Å². The Hall–Kier alpha value is -1.32. The Labute approximate surface area is 138 Å². The van der Waals surface area contributed by atoms with Crippen LogP contribution >= 0.6 is 0 Å². The highest BCUT2D eigenvalue weighted by Crippen LogP contribution is 2.64. The molecular weight excluding hydrogens is 288 g/mol. The number of carbonyl (C=O) groups excluding carboxylic acids is 2. The van der Waals surface area contributed by atoms with E-state index >= 15 is 0 Å². The second-order valence-corrected chi connectivity index (χ2v) is 8.81. The van der Waals surface area contributed by atoms with Crippen LogP contribution < -0.4 is 11.1 Å². The summed E-state index contributed by atoms with van der Waals surface area (Å²) in [6.45, 7) is 4.66. The van der Waals surface area contributed by atoms with Gasteiger partial charge in [0, 0.05) is 23.1 Å². The number of hydrogen-bond acceptors (Lipinski definition) is 2. The van der Waals surface area contributed by atoms with Gasteiger partial charge in [0.25, 0.3) is 0 Å². The van der Waals surface area contributed by atoms with Gasteiger partial charge in [-0.1, -0.05) is 20.3 Å². The van der Waals surface area contributed by atoms with E-state index in [4.69, 9.17) is 5.73 Å². The molecule has 0 spiro atoms. The van der Waals surface area contributed by atoms with Crippen LogP contribution in [-0.4, -0.2) is 17.9 Å². The average molecular weight is 316 g/mol. The molecule has 0 aromatic carbocycles. The molecule has 3 aliphatic carbocycles. The molecule has 23 heavy (non-hydrogen) atoms. The summed E-state index contributed by atoms with van der Waals surface area (Å²) in [7, 11) is 0. The highest BCUT2D eigenvalue weighted by Gasteiger charge is 2.59. The topological polar surface area (TPSA) is 72.2 Å². The van der Waals surface area contributed by atoms with Crippen LogP contribution in [0.2, 0.25) is 0 Å². The zero-order valence-electron chi connectivity index (χ0n) is 14.2. The van der Waals surface area contributed by atoms with Crippen molar-refractivity contribution in [3.63, 3.8) is 0 Å². The molecule has 0 unspecified atom stereocenters. The maximum Gasteiger partial charge on any atom is 0.245 e. The van der Waals surface area contributed by atoms with Gasteiger partial charge in [-0.2, -0.15) is 0 Å². The summed E-state index contributed by atoms with van der Waals surface area (Å²) in [6, 6.07) is 0.0644. The summed E-state index contributed by atoms with van der Waals surface area (Å²) in [5.41, 5.74) is 6.47. The Bertz CT molecular complexity index is 598. The van der Waals surface area contributed by atoms with E-state index in [0.717, 1.165) is 18.8 Å². The second-order valence-electron chi connectivity index (χ2n) is 8.81. The van der Waals surface area contributed by atoms with Crippen LogP contribution in [0.4, 0.5) is 0 Å². The minimum absolute atomic E-state index is 0.0644. The van der Waals surface area contributed by atoms with Gasteiger partial charge in [0.2, 0.25) is 11.8 Å². The number of hydrogen-bond donors (Lipinski definition) is 2. The summed E-state index contributed by atoms with van der Waals surface area (Å²) >= 11 is 0. The first-order valence-electron chi connectivity index (χ1n) is 9.19. The summed E-state index contributed by atoms with van der Waals surface area (Å²) < 4.78 is 0. The van der Waals surface area contributed by atoms with E-state index in [0.29, 0.717) is 22.8 Å². The fourth-order valence-corrected chi connectivity index (χ4v) is 6.79. The summed E-state index contributed by atoms with van der Waals surface area (Å²) in [6.07, 6.45) is 10.1. The van der Waals surface area contributed by atoms with Crippen LogP contribution in [0, 0.1) is 28.6 Å². The largest absolute Gasteiger partial charge is 0.366 e. The van der Waals surface area contributed by atoms with E-state index in [-0.39, 0.29) is 17.4 Å². The molecule has 3 fully saturated rings. The third kappa shape index (κ3) is 1.96. The Kier molecular flexibility index (Phi) is 3.20. The van der Waals surface area contributed by atoms with Gasteiger partial charge in [0.05, 0.1) is 0 Å². The molecule has 0 saturated heterocycles. The van der Waals surface area contributed by atoms with Crippen molar-refractivity contribution >= 4 is 11.8 Å². The van der Waals surface area contributed by atoms with E-state index in [1.54, 1.807) is 0 Å². The quantitative estimate of drug-likeness (QED) is 0.780. The molecule has 4 rings (SSSR count). The summed E-state index contributed by atoms with van der Waals surface area (Å²) in [5, 5.41) is 3.12. The Balaban J connectivity index is 1.76. The van der Waals surface area contributed by atoms with Gasteiger partial charge in [-0.3, -0.25) is 9.59 Å². The van der Waals surface area contributed by atoms with Gasteiger partial charge >= 0.3 is 0 Å². The predicted octanol–water partition coefficient (Wildman–Crippen LogP) is 2.53. The average Bonchev–Trinajstić information content (AvgIpc) is 2.88. The lowest BCUT2D eigenvalue weighted by Gasteiger charge is -2.59. The number of carbonyl (C=O) groups is 2. The van der Waals surface area contributed by atoms with Crippen LogP contribution in [0.3, 0.4) is 0 Å². The van der Waals surface area contributed by atoms with Crippen molar-refractivity contribution in [1.82, 2.24) is 5.32 Å². The Morgan fingerprint density at radius 2 is 1.96 bits per heavy atom. The van der Waals surface area contributed by atoms with Gasteiger partial charge in [-0.05, 0) is 61.7 Å². The highest BCUT2D eigenvalue weighted by atomic mass is 16.2. The molecule has 1 heterocycles. The summed E-state index contributed by atoms with van der Waals surface area (Å²) in [5.74, 6) is 1.37. The lowest BCUT2D eigenvalue weighted by Crippen LogP contribution is -2.62. The minimum atomic E-state index is -0.409. The lowest BCUT2D eigenvalue weighted by atomic mass is 9.47. The van der Waals surface area contributed by atoms with Crippen molar-refractivity contribution in [2.24, 2.45) is 34.3 Å². The van der Waals surface area contributed by atoms with Crippen LogP contribution in [0.25, 0.3) is 0 Å². The predicted molar refractivity (Wildman–Crippen MR) is 88.2 cm³/mol. The van der Waals surface area contributed by atoms with E-state index in [2.05, 4.69) is 19.2 Å². The third-order valence-corrected chi connectivity index (χ3v) is 7.94. The van der Waals surface area contributed by atoms with Crippen molar-refractivity contribution in [3.05, 3.63) is 11.6 Å². The molecule has 4 heteroatoms.